The summed E-state index contributed by atoms with van der Waals surface area (Å²) < 4.78 is 47.1. The van der Waals surface area contributed by atoms with Gasteiger partial charge in [-0.2, -0.15) is 0 Å². The maximum absolute atomic E-state index is 13.6. The van der Waals surface area contributed by atoms with Crippen molar-refractivity contribution in [1.29, 1.82) is 0 Å². The first-order chi connectivity index (χ1) is 12.4. The molecule has 0 spiro atoms. The first kappa shape index (κ1) is 17.3. The van der Waals surface area contributed by atoms with Crippen LogP contribution in [-0.2, 0) is 14.8 Å². The number of hydrogen-bond acceptors (Lipinski definition) is 5. The maximum atomic E-state index is 13.6. The molecule has 0 saturated heterocycles. The quantitative estimate of drug-likeness (QED) is 0.836. The molecule has 2 heterocycles. The van der Waals surface area contributed by atoms with Crippen LogP contribution in [0.4, 0.5) is 10.1 Å². The lowest BCUT2D eigenvalue weighted by Gasteiger charge is -2.26. The number of fused-ring (bicyclic) bond motifs is 2. The lowest BCUT2D eigenvalue weighted by atomic mass is 10.0. The van der Waals surface area contributed by atoms with E-state index < -0.39 is 21.9 Å². The molecule has 2 aliphatic heterocycles. The third-order valence-electron chi connectivity index (χ3n) is 4.20. The van der Waals surface area contributed by atoms with Gasteiger partial charge >= 0.3 is 0 Å². The highest BCUT2D eigenvalue weighted by atomic mass is 32.2. The summed E-state index contributed by atoms with van der Waals surface area (Å²) in [4.78, 5) is 12.3. The van der Waals surface area contributed by atoms with Crippen LogP contribution in [0.15, 0.2) is 46.2 Å². The van der Waals surface area contributed by atoms with Gasteiger partial charge in [-0.3, -0.25) is 4.79 Å². The number of hydrogen-bond donors (Lipinski definition) is 2. The van der Waals surface area contributed by atoms with Gasteiger partial charge in [-0.25, -0.2) is 17.5 Å². The molecule has 0 aliphatic carbocycles. The summed E-state index contributed by atoms with van der Waals surface area (Å²) in [5, 5.41) is 2.59. The molecule has 9 heteroatoms. The molecule has 1 amide bonds. The zero-order valence-electron chi connectivity index (χ0n) is 13.5. The fourth-order valence-electron chi connectivity index (χ4n) is 2.97. The Morgan fingerprint density at radius 1 is 1.23 bits per heavy atom. The summed E-state index contributed by atoms with van der Waals surface area (Å²) in [6.07, 6.45) is 0.561. The van der Waals surface area contributed by atoms with Crippen molar-refractivity contribution in [3.8, 4) is 5.75 Å². The van der Waals surface area contributed by atoms with Crippen molar-refractivity contribution >= 4 is 33.4 Å². The molecule has 2 N–H and O–H groups in total. The second-order valence-electron chi connectivity index (χ2n) is 5.99. The van der Waals surface area contributed by atoms with Gasteiger partial charge < -0.3 is 10.1 Å². The van der Waals surface area contributed by atoms with E-state index in [-0.39, 0.29) is 17.4 Å². The minimum atomic E-state index is -3.85. The molecule has 1 unspecified atom stereocenters. The zero-order chi connectivity index (χ0) is 18.3. The topological polar surface area (TPSA) is 84.5 Å². The van der Waals surface area contributed by atoms with Crippen LogP contribution >= 0.6 is 11.8 Å². The van der Waals surface area contributed by atoms with Crippen LogP contribution in [-0.4, -0.2) is 26.7 Å². The van der Waals surface area contributed by atoms with Gasteiger partial charge in [0.15, 0.2) is 6.61 Å². The molecule has 136 valence electrons. The molecule has 0 aromatic heterocycles. The summed E-state index contributed by atoms with van der Waals surface area (Å²) in [5.74, 6) is 0.419. The van der Waals surface area contributed by atoms with Crippen molar-refractivity contribution in [3.63, 3.8) is 0 Å². The lowest BCUT2D eigenvalue weighted by Crippen LogP contribution is -2.31. The van der Waals surface area contributed by atoms with Crippen LogP contribution in [0.1, 0.15) is 18.0 Å². The van der Waals surface area contributed by atoms with E-state index in [0.717, 1.165) is 10.6 Å². The normalized spacial score (nSPS) is 19.1. The highest BCUT2D eigenvalue weighted by Crippen LogP contribution is 2.37. The van der Waals surface area contributed by atoms with Crippen molar-refractivity contribution < 1.29 is 22.3 Å². The number of nitrogens with one attached hydrogen (secondary N) is 2. The number of ether oxygens (including phenoxy) is 1. The number of rotatable bonds is 3. The number of sulfonamides is 1. The third-order valence-corrected chi connectivity index (χ3v) is 6.79. The molecule has 1 atom stereocenters. The highest BCUT2D eigenvalue weighted by Gasteiger charge is 2.28. The van der Waals surface area contributed by atoms with Gasteiger partial charge in [-0.05, 0) is 54.1 Å². The van der Waals surface area contributed by atoms with Crippen molar-refractivity contribution in [2.24, 2.45) is 0 Å². The molecule has 0 saturated carbocycles. The minimum Gasteiger partial charge on any atom is -0.482 e. The first-order valence-electron chi connectivity index (χ1n) is 7.94. The molecule has 4 rings (SSSR count). The minimum absolute atomic E-state index is 0.0122. The Morgan fingerprint density at radius 3 is 2.92 bits per heavy atom. The van der Waals surface area contributed by atoms with E-state index in [1.54, 1.807) is 17.8 Å². The number of anilines is 1. The molecule has 0 fully saturated rings. The van der Waals surface area contributed by atoms with Gasteiger partial charge in [-0.1, -0.05) is 0 Å². The van der Waals surface area contributed by atoms with Crippen LogP contribution in [0.3, 0.4) is 0 Å². The molecule has 2 aromatic rings. The molecule has 2 aromatic carbocycles. The predicted molar refractivity (Wildman–Crippen MR) is 95.4 cm³/mol. The van der Waals surface area contributed by atoms with Gasteiger partial charge in [0.25, 0.3) is 5.91 Å². The fourth-order valence-corrected chi connectivity index (χ4v) is 5.35. The van der Waals surface area contributed by atoms with E-state index in [1.165, 1.54) is 30.3 Å². The summed E-state index contributed by atoms with van der Waals surface area (Å²) in [6.45, 7) is -0.0978. The van der Waals surface area contributed by atoms with Crippen LogP contribution in [0.2, 0.25) is 0 Å². The standard InChI is InChI=1S/C17H15FN2O4S2/c18-10-1-4-16-12(7-10)13(5-6-25-16)20-26(22,23)11-2-3-15-14(8-11)19-17(21)9-24-15/h1-4,7-8,13,20H,5-6,9H2,(H,19,21). The van der Waals surface area contributed by atoms with Crippen LogP contribution < -0.4 is 14.8 Å². The number of halogens is 1. The molecule has 0 bridgehead atoms. The molecule has 2 aliphatic rings. The van der Waals surface area contributed by atoms with Crippen molar-refractivity contribution in [1.82, 2.24) is 4.72 Å². The van der Waals surface area contributed by atoms with Crippen molar-refractivity contribution in [2.75, 3.05) is 17.7 Å². The van der Waals surface area contributed by atoms with Gasteiger partial charge in [0.1, 0.15) is 11.6 Å². The molecular weight excluding hydrogens is 379 g/mol. The smallest absolute Gasteiger partial charge is 0.262 e. The van der Waals surface area contributed by atoms with Gasteiger partial charge in [0, 0.05) is 10.9 Å². The average Bonchev–Trinajstić information content (AvgIpc) is 2.61. The van der Waals surface area contributed by atoms with E-state index in [4.69, 9.17) is 4.74 Å². The SMILES string of the molecule is O=C1COc2ccc(S(=O)(=O)NC3CCSc4ccc(F)cc43)cc2N1. The largest absolute Gasteiger partial charge is 0.482 e. The Bertz CT molecular complexity index is 994. The Morgan fingerprint density at radius 2 is 2.08 bits per heavy atom. The maximum Gasteiger partial charge on any atom is 0.262 e. The van der Waals surface area contributed by atoms with E-state index in [2.05, 4.69) is 10.0 Å². The molecule has 0 radical (unpaired) electrons. The first-order valence-corrected chi connectivity index (χ1v) is 10.4. The van der Waals surface area contributed by atoms with Crippen LogP contribution in [0.5, 0.6) is 5.75 Å². The fraction of sp³-hybridized carbons (Fsp3) is 0.235. The Kier molecular flexibility index (Phi) is 4.37. The number of thioether (sulfide) groups is 1. The summed E-state index contributed by atoms with van der Waals surface area (Å²) in [6, 6.07) is 8.19. The summed E-state index contributed by atoms with van der Waals surface area (Å²) in [7, 11) is -3.85. The van der Waals surface area contributed by atoms with E-state index in [0.29, 0.717) is 23.4 Å². The molecular formula is C17H15FN2O4S2. The second-order valence-corrected chi connectivity index (χ2v) is 8.84. The number of benzene rings is 2. The average molecular weight is 394 g/mol. The van der Waals surface area contributed by atoms with Crippen molar-refractivity contribution in [2.45, 2.75) is 22.3 Å². The van der Waals surface area contributed by atoms with Gasteiger partial charge in [0.05, 0.1) is 10.6 Å². The number of amides is 1. The second kappa shape index (κ2) is 6.57. The summed E-state index contributed by atoms with van der Waals surface area (Å²) in [5.41, 5.74) is 0.953. The van der Waals surface area contributed by atoms with Crippen LogP contribution in [0, 0.1) is 5.82 Å². The van der Waals surface area contributed by atoms with E-state index >= 15 is 0 Å². The van der Waals surface area contributed by atoms with Crippen LogP contribution in [0.25, 0.3) is 0 Å². The summed E-state index contributed by atoms with van der Waals surface area (Å²) >= 11 is 1.58. The lowest BCUT2D eigenvalue weighted by molar-refractivity contribution is -0.118. The molecule has 26 heavy (non-hydrogen) atoms. The van der Waals surface area contributed by atoms with Gasteiger partial charge in [0.2, 0.25) is 10.0 Å². The Balaban J connectivity index is 1.64. The van der Waals surface area contributed by atoms with Gasteiger partial charge in [-0.15, -0.1) is 11.8 Å². The van der Waals surface area contributed by atoms with E-state index in [1.807, 2.05) is 0 Å². The van der Waals surface area contributed by atoms with Crippen molar-refractivity contribution in [3.05, 3.63) is 47.8 Å². The zero-order valence-corrected chi connectivity index (χ0v) is 15.1. The number of carbonyl (C=O) groups is 1. The number of carbonyl (C=O) groups excluding carboxylic acids is 1. The Hall–Kier alpha value is -2.10. The Labute approximate surface area is 154 Å². The predicted octanol–water partition coefficient (Wildman–Crippen LogP) is 2.67. The van der Waals surface area contributed by atoms with E-state index in [9.17, 15) is 17.6 Å². The third kappa shape index (κ3) is 3.29. The monoisotopic (exact) mass is 394 g/mol. The molecule has 6 nitrogen and oxygen atoms in total. The highest BCUT2D eigenvalue weighted by molar-refractivity contribution is 7.99.